The number of nitrogens with one attached hydrogen (secondary N) is 1. The van der Waals surface area contributed by atoms with Crippen LogP contribution in [0, 0.1) is 0 Å². The number of rotatable bonds is 2. The molecule has 0 amide bonds. The van der Waals surface area contributed by atoms with E-state index >= 15 is 0 Å². The monoisotopic (exact) mass is 370 g/mol. The van der Waals surface area contributed by atoms with E-state index in [1.54, 1.807) is 0 Å². The molecule has 4 heterocycles. The van der Waals surface area contributed by atoms with E-state index in [1.807, 2.05) is 30.5 Å². The van der Waals surface area contributed by atoms with Crippen LogP contribution in [0.4, 0.5) is 5.82 Å². The van der Waals surface area contributed by atoms with E-state index in [0.717, 1.165) is 57.4 Å². The first kappa shape index (κ1) is 15.7. The summed E-state index contributed by atoms with van der Waals surface area (Å²) in [5, 5.41) is 2.12. The predicted molar refractivity (Wildman–Crippen MR) is 110 cm³/mol. The lowest BCUT2D eigenvalue weighted by Gasteiger charge is -2.27. The van der Waals surface area contributed by atoms with E-state index in [1.165, 1.54) is 0 Å². The minimum atomic E-state index is 0.689. The number of aromatic amines is 1. The molecule has 1 aliphatic rings. The Morgan fingerprint density at radius 2 is 1.79 bits per heavy atom. The van der Waals surface area contributed by atoms with Crippen molar-refractivity contribution in [1.82, 2.24) is 15.0 Å². The molecule has 28 heavy (non-hydrogen) atoms. The van der Waals surface area contributed by atoms with Gasteiger partial charge in [0.2, 0.25) is 0 Å². The summed E-state index contributed by atoms with van der Waals surface area (Å²) in [6, 6.07) is 16.3. The molecular formula is C22H18N4O2. The fourth-order valence-corrected chi connectivity index (χ4v) is 3.97. The van der Waals surface area contributed by atoms with Gasteiger partial charge in [0.1, 0.15) is 11.1 Å². The Morgan fingerprint density at radius 3 is 2.71 bits per heavy atom. The van der Waals surface area contributed by atoms with Crippen molar-refractivity contribution in [2.75, 3.05) is 31.2 Å². The molecule has 1 fully saturated rings. The highest BCUT2D eigenvalue weighted by molar-refractivity contribution is 6.07. The van der Waals surface area contributed by atoms with E-state index in [9.17, 15) is 0 Å². The standard InChI is InChI=1S/C22H18N4O2/c1-2-7-18-16(4-1)19-20(28-18)22(26-10-12-27-13-11-26)25-21(24-19)15-5-3-6-17-14(15)8-9-23-17/h1-9,23H,10-13H2. The topological polar surface area (TPSA) is 67.2 Å². The van der Waals surface area contributed by atoms with Gasteiger partial charge < -0.3 is 19.0 Å². The van der Waals surface area contributed by atoms with Crippen molar-refractivity contribution in [1.29, 1.82) is 0 Å². The van der Waals surface area contributed by atoms with Crippen molar-refractivity contribution in [3.05, 3.63) is 54.7 Å². The Bertz CT molecular complexity index is 1310. The van der Waals surface area contributed by atoms with Crippen LogP contribution in [0.3, 0.4) is 0 Å². The summed E-state index contributed by atoms with van der Waals surface area (Å²) in [6.45, 7) is 2.96. The second kappa shape index (κ2) is 6.07. The highest BCUT2D eigenvalue weighted by Crippen LogP contribution is 2.36. The summed E-state index contributed by atoms with van der Waals surface area (Å²) in [5.41, 5.74) is 4.52. The zero-order valence-corrected chi connectivity index (χ0v) is 15.2. The molecule has 0 bridgehead atoms. The molecule has 0 unspecified atom stereocenters. The van der Waals surface area contributed by atoms with E-state index in [4.69, 9.17) is 19.1 Å². The molecule has 1 saturated heterocycles. The van der Waals surface area contributed by atoms with Crippen molar-refractivity contribution in [3.63, 3.8) is 0 Å². The molecule has 138 valence electrons. The van der Waals surface area contributed by atoms with E-state index in [2.05, 4.69) is 34.1 Å². The summed E-state index contributed by atoms with van der Waals surface area (Å²) >= 11 is 0. The van der Waals surface area contributed by atoms with Crippen molar-refractivity contribution in [3.8, 4) is 11.4 Å². The van der Waals surface area contributed by atoms with Crippen LogP contribution in [0.5, 0.6) is 0 Å². The molecule has 1 N–H and O–H groups in total. The average Bonchev–Trinajstić information content (AvgIpc) is 3.38. The summed E-state index contributed by atoms with van der Waals surface area (Å²) in [7, 11) is 0. The van der Waals surface area contributed by atoms with Gasteiger partial charge in [-0.1, -0.05) is 24.3 Å². The van der Waals surface area contributed by atoms with Crippen LogP contribution in [0.1, 0.15) is 0 Å². The lowest BCUT2D eigenvalue weighted by atomic mass is 10.1. The van der Waals surface area contributed by atoms with Crippen LogP contribution in [0.2, 0.25) is 0 Å². The zero-order chi connectivity index (χ0) is 18.5. The van der Waals surface area contributed by atoms with Crippen LogP contribution < -0.4 is 4.90 Å². The van der Waals surface area contributed by atoms with Crippen LogP contribution in [-0.4, -0.2) is 41.3 Å². The Balaban J connectivity index is 1.67. The molecule has 6 heteroatoms. The Morgan fingerprint density at radius 1 is 0.893 bits per heavy atom. The third-order valence-corrected chi connectivity index (χ3v) is 5.35. The predicted octanol–water partition coefficient (Wildman–Crippen LogP) is 4.36. The van der Waals surface area contributed by atoms with Gasteiger partial charge in [0.05, 0.1) is 13.2 Å². The second-order valence-corrected chi connectivity index (χ2v) is 6.99. The highest BCUT2D eigenvalue weighted by atomic mass is 16.5. The molecule has 0 atom stereocenters. The van der Waals surface area contributed by atoms with Crippen LogP contribution in [0.15, 0.2) is 59.1 Å². The molecule has 5 aromatic rings. The van der Waals surface area contributed by atoms with Gasteiger partial charge in [-0.15, -0.1) is 0 Å². The van der Waals surface area contributed by atoms with E-state index in [0.29, 0.717) is 19.0 Å². The van der Waals surface area contributed by atoms with Gasteiger partial charge in [0.25, 0.3) is 0 Å². The van der Waals surface area contributed by atoms with E-state index in [-0.39, 0.29) is 0 Å². The Labute approximate surface area is 160 Å². The minimum Gasteiger partial charge on any atom is -0.450 e. The number of ether oxygens (including phenoxy) is 1. The van der Waals surface area contributed by atoms with Crippen LogP contribution >= 0.6 is 0 Å². The maximum atomic E-state index is 6.19. The van der Waals surface area contributed by atoms with Crippen LogP contribution in [0.25, 0.3) is 44.4 Å². The smallest absolute Gasteiger partial charge is 0.196 e. The summed E-state index contributed by atoms with van der Waals surface area (Å²) < 4.78 is 11.7. The molecule has 0 spiro atoms. The molecule has 3 aromatic heterocycles. The second-order valence-electron chi connectivity index (χ2n) is 6.99. The molecule has 6 rings (SSSR count). The first-order chi connectivity index (χ1) is 13.9. The van der Waals surface area contributed by atoms with Gasteiger partial charge in [0.15, 0.2) is 17.2 Å². The lowest BCUT2D eigenvalue weighted by Crippen LogP contribution is -2.37. The molecular weight excluding hydrogens is 352 g/mol. The number of benzene rings is 2. The SMILES string of the molecule is c1cc(-c2nc(N3CCOCC3)c3oc4ccccc4c3n2)c2cc[nH]c2c1. The zero-order valence-electron chi connectivity index (χ0n) is 15.2. The third kappa shape index (κ3) is 2.31. The number of para-hydroxylation sites is 1. The highest BCUT2D eigenvalue weighted by Gasteiger charge is 2.22. The number of hydrogen-bond donors (Lipinski definition) is 1. The summed E-state index contributed by atoms with van der Waals surface area (Å²) in [5.74, 6) is 1.55. The number of H-pyrrole nitrogens is 1. The fraction of sp³-hybridized carbons (Fsp3) is 0.182. The number of aromatic nitrogens is 3. The number of morpholine rings is 1. The number of anilines is 1. The van der Waals surface area contributed by atoms with E-state index < -0.39 is 0 Å². The van der Waals surface area contributed by atoms with Gasteiger partial charge in [-0.05, 0) is 24.3 Å². The average molecular weight is 370 g/mol. The lowest BCUT2D eigenvalue weighted by molar-refractivity contribution is 0.122. The maximum absolute atomic E-state index is 6.19. The quantitative estimate of drug-likeness (QED) is 0.500. The van der Waals surface area contributed by atoms with Gasteiger partial charge in [-0.2, -0.15) is 0 Å². The van der Waals surface area contributed by atoms with Gasteiger partial charge >= 0.3 is 0 Å². The molecule has 1 aliphatic heterocycles. The number of furan rings is 1. The van der Waals surface area contributed by atoms with Crippen molar-refractivity contribution >= 4 is 38.8 Å². The Kier molecular flexibility index (Phi) is 3.39. The third-order valence-electron chi connectivity index (χ3n) is 5.35. The largest absolute Gasteiger partial charge is 0.450 e. The molecule has 0 aliphatic carbocycles. The molecule has 0 radical (unpaired) electrons. The van der Waals surface area contributed by atoms with Crippen LogP contribution in [-0.2, 0) is 4.74 Å². The van der Waals surface area contributed by atoms with Crippen molar-refractivity contribution in [2.24, 2.45) is 0 Å². The summed E-state index contributed by atoms with van der Waals surface area (Å²) in [4.78, 5) is 15.4. The number of fused-ring (bicyclic) bond motifs is 4. The first-order valence-electron chi connectivity index (χ1n) is 9.47. The summed E-state index contributed by atoms with van der Waals surface area (Å²) in [6.07, 6.45) is 1.95. The number of nitrogens with zero attached hydrogens (tertiary/aromatic N) is 3. The maximum Gasteiger partial charge on any atom is 0.196 e. The minimum absolute atomic E-state index is 0.689. The first-order valence-corrected chi connectivity index (χ1v) is 9.47. The van der Waals surface area contributed by atoms with Gasteiger partial charge in [0, 0.05) is 41.1 Å². The Hall–Kier alpha value is -3.38. The molecule has 2 aromatic carbocycles. The number of hydrogen-bond acceptors (Lipinski definition) is 5. The molecule has 0 saturated carbocycles. The normalized spacial score (nSPS) is 15.1. The fourth-order valence-electron chi connectivity index (χ4n) is 3.97. The van der Waals surface area contributed by atoms with Gasteiger partial charge in [-0.3, -0.25) is 0 Å². The molecule has 6 nitrogen and oxygen atoms in total. The van der Waals surface area contributed by atoms with Gasteiger partial charge in [-0.25, -0.2) is 9.97 Å². The van der Waals surface area contributed by atoms with Crippen molar-refractivity contribution < 1.29 is 9.15 Å². The van der Waals surface area contributed by atoms with Crippen molar-refractivity contribution in [2.45, 2.75) is 0 Å².